The maximum atomic E-state index is 14.0. The summed E-state index contributed by atoms with van der Waals surface area (Å²) >= 11 is 0. The number of benzene rings is 1. The quantitative estimate of drug-likeness (QED) is 0.738. The van der Waals surface area contributed by atoms with Crippen LogP contribution in [0, 0.1) is 17.5 Å². The van der Waals surface area contributed by atoms with Gasteiger partial charge in [0.1, 0.15) is 11.3 Å². The van der Waals surface area contributed by atoms with Crippen molar-refractivity contribution in [3.63, 3.8) is 0 Å². The number of imidazole rings is 1. The summed E-state index contributed by atoms with van der Waals surface area (Å²) in [6, 6.07) is 1.23. The SMILES string of the molecule is CCc1nn(C)c2c1nc(N)n2-c1cc(F)c(F)cc1F. The predicted molar refractivity (Wildman–Crippen MR) is 71.5 cm³/mol. The molecule has 0 unspecified atom stereocenters. The maximum absolute atomic E-state index is 14.0. The average molecular weight is 295 g/mol. The molecule has 8 heteroatoms. The van der Waals surface area contributed by atoms with E-state index in [1.54, 1.807) is 7.05 Å². The van der Waals surface area contributed by atoms with Crippen LogP contribution in [-0.2, 0) is 13.5 Å². The van der Waals surface area contributed by atoms with E-state index in [9.17, 15) is 13.2 Å². The van der Waals surface area contributed by atoms with Crippen LogP contribution in [0.5, 0.6) is 0 Å². The largest absolute Gasteiger partial charge is 0.369 e. The third-order valence-corrected chi connectivity index (χ3v) is 3.30. The molecule has 110 valence electrons. The zero-order valence-corrected chi connectivity index (χ0v) is 11.4. The Balaban J connectivity index is 2.38. The molecule has 21 heavy (non-hydrogen) atoms. The molecule has 0 bridgehead atoms. The fraction of sp³-hybridized carbons (Fsp3) is 0.231. The second-order valence-electron chi connectivity index (χ2n) is 4.62. The standard InChI is InChI=1S/C13H12F3N5/c1-3-9-11-12(20(2)19-9)21(13(17)18-11)10-5-7(15)6(14)4-8(10)16/h4-5H,3H2,1-2H3,(H2,17,18). The fourth-order valence-electron chi connectivity index (χ4n) is 2.36. The van der Waals surface area contributed by atoms with Gasteiger partial charge in [0.05, 0.1) is 11.4 Å². The molecule has 1 aromatic carbocycles. The van der Waals surface area contributed by atoms with Crippen molar-refractivity contribution in [2.75, 3.05) is 5.73 Å². The summed E-state index contributed by atoms with van der Waals surface area (Å²) in [7, 11) is 1.65. The van der Waals surface area contributed by atoms with Crippen molar-refractivity contribution in [1.29, 1.82) is 0 Å². The highest BCUT2D eigenvalue weighted by Gasteiger charge is 2.21. The number of nitrogens with two attached hydrogens (primary N) is 1. The number of fused-ring (bicyclic) bond motifs is 1. The van der Waals surface area contributed by atoms with Gasteiger partial charge < -0.3 is 5.73 Å². The van der Waals surface area contributed by atoms with Gasteiger partial charge in [-0.3, -0.25) is 4.57 Å². The Morgan fingerprint density at radius 2 is 1.81 bits per heavy atom. The van der Waals surface area contributed by atoms with E-state index in [0.717, 1.165) is 6.07 Å². The Labute approximate surface area is 117 Å². The highest BCUT2D eigenvalue weighted by Crippen LogP contribution is 2.27. The van der Waals surface area contributed by atoms with Crippen LogP contribution in [0.25, 0.3) is 16.9 Å². The van der Waals surface area contributed by atoms with E-state index in [1.165, 1.54) is 9.25 Å². The molecule has 0 saturated heterocycles. The zero-order chi connectivity index (χ0) is 15.3. The van der Waals surface area contributed by atoms with Crippen molar-refractivity contribution in [2.24, 2.45) is 7.05 Å². The first-order valence-corrected chi connectivity index (χ1v) is 6.28. The third-order valence-electron chi connectivity index (χ3n) is 3.30. The van der Waals surface area contributed by atoms with E-state index in [4.69, 9.17) is 5.73 Å². The van der Waals surface area contributed by atoms with Crippen LogP contribution in [0.15, 0.2) is 12.1 Å². The van der Waals surface area contributed by atoms with E-state index in [2.05, 4.69) is 10.1 Å². The molecule has 2 aromatic heterocycles. The maximum Gasteiger partial charge on any atom is 0.207 e. The Hall–Kier alpha value is -2.51. The Morgan fingerprint density at radius 3 is 2.48 bits per heavy atom. The van der Waals surface area contributed by atoms with Crippen LogP contribution in [0.2, 0.25) is 0 Å². The van der Waals surface area contributed by atoms with Crippen LogP contribution in [-0.4, -0.2) is 19.3 Å². The normalized spacial score (nSPS) is 11.5. The number of hydrogen-bond donors (Lipinski definition) is 1. The molecular formula is C13H12F3N5. The van der Waals surface area contributed by atoms with Crippen LogP contribution in [0.1, 0.15) is 12.6 Å². The minimum atomic E-state index is -1.26. The molecule has 3 rings (SSSR count). The monoisotopic (exact) mass is 295 g/mol. The highest BCUT2D eigenvalue weighted by molar-refractivity contribution is 5.80. The molecule has 0 spiro atoms. The van der Waals surface area contributed by atoms with Crippen LogP contribution < -0.4 is 5.73 Å². The first-order chi connectivity index (χ1) is 9.93. The first kappa shape index (κ1) is 13.5. The van der Waals surface area contributed by atoms with Crippen LogP contribution in [0.4, 0.5) is 19.1 Å². The van der Waals surface area contributed by atoms with Crippen molar-refractivity contribution in [1.82, 2.24) is 19.3 Å². The van der Waals surface area contributed by atoms with Gasteiger partial charge in [-0.25, -0.2) is 22.8 Å². The molecule has 0 amide bonds. The van der Waals surface area contributed by atoms with Gasteiger partial charge in [0, 0.05) is 19.2 Å². The van der Waals surface area contributed by atoms with Gasteiger partial charge >= 0.3 is 0 Å². The van der Waals surface area contributed by atoms with Crippen LogP contribution in [0.3, 0.4) is 0 Å². The van der Waals surface area contributed by atoms with E-state index in [1.807, 2.05) is 6.92 Å². The Kier molecular flexibility index (Phi) is 2.89. The molecular weight excluding hydrogens is 283 g/mol. The lowest BCUT2D eigenvalue weighted by Gasteiger charge is -2.08. The summed E-state index contributed by atoms with van der Waals surface area (Å²) in [6.45, 7) is 1.90. The second-order valence-corrected chi connectivity index (χ2v) is 4.62. The van der Waals surface area contributed by atoms with Crippen molar-refractivity contribution < 1.29 is 13.2 Å². The van der Waals surface area contributed by atoms with E-state index >= 15 is 0 Å². The molecule has 5 nitrogen and oxygen atoms in total. The molecule has 0 aliphatic heterocycles. The lowest BCUT2D eigenvalue weighted by molar-refractivity contribution is 0.493. The lowest BCUT2D eigenvalue weighted by atomic mass is 10.2. The molecule has 2 heterocycles. The molecule has 0 aliphatic carbocycles. The van der Waals surface area contributed by atoms with Gasteiger partial charge in [-0.2, -0.15) is 5.10 Å². The van der Waals surface area contributed by atoms with Gasteiger partial charge in [-0.1, -0.05) is 6.92 Å². The lowest BCUT2D eigenvalue weighted by Crippen LogP contribution is -2.07. The number of rotatable bonds is 2. The molecule has 0 fully saturated rings. The summed E-state index contributed by atoms with van der Waals surface area (Å²) in [5.74, 6) is -3.37. The Morgan fingerprint density at radius 1 is 1.14 bits per heavy atom. The van der Waals surface area contributed by atoms with Crippen molar-refractivity contribution in [2.45, 2.75) is 13.3 Å². The van der Waals surface area contributed by atoms with E-state index < -0.39 is 17.5 Å². The van der Waals surface area contributed by atoms with Gasteiger partial charge in [0.15, 0.2) is 17.3 Å². The van der Waals surface area contributed by atoms with Gasteiger partial charge in [-0.05, 0) is 6.42 Å². The number of nitrogen functional groups attached to an aromatic ring is 1. The van der Waals surface area contributed by atoms with Gasteiger partial charge in [0.25, 0.3) is 0 Å². The molecule has 0 aliphatic rings. The molecule has 3 aromatic rings. The summed E-state index contributed by atoms with van der Waals surface area (Å²) in [6.07, 6.45) is 0.619. The van der Waals surface area contributed by atoms with Crippen molar-refractivity contribution in [3.05, 3.63) is 35.3 Å². The number of hydrogen-bond acceptors (Lipinski definition) is 3. The highest BCUT2D eigenvalue weighted by atomic mass is 19.2. The van der Waals surface area contributed by atoms with Crippen molar-refractivity contribution in [3.8, 4) is 5.69 Å². The Bertz CT molecular complexity index is 849. The van der Waals surface area contributed by atoms with Crippen LogP contribution >= 0.6 is 0 Å². The third kappa shape index (κ3) is 1.86. The number of nitrogens with zero attached hydrogens (tertiary/aromatic N) is 4. The molecule has 2 N–H and O–H groups in total. The summed E-state index contributed by atoms with van der Waals surface area (Å²) in [4.78, 5) is 4.15. The smallest absolute Gasteiger partial charge is 0.207 e. The topological polar surface area (TPSA) is 61.7 Å². The fourth-order valence-corrected chi connectivity index (χ4v) is 2.36. The van der Waals surface area contributed by atoms with Crippen molar-refractivity contribution >= 4 is 17.1 Å². The minimum Gasteiger partial charge on any atom is -0.369 e. The average Bonchev–Trinajstić information content (AvgIpc) is 2.91. The van der Waals surface area contributed by atoms with Gasteiger partial charge in [-0.15, -0.1) is 0 Å². The predicted octanol–water partition coefficient (Wildman–Crippen LogP) is 2.32. The summed E-state index contributed by atoms with van der Waals surface area (Å²) in [5.41, 5.74) is 7.23. The first-order valence-electron chi connectivity index (χ1n) is 6.28. The number of aromatic nitrogens is 4. The molecule has 0 radical (unpaired) electrons. The molecule has 0 atom stereocenters. The summed E-state index contributed by atoms with van der Waals surface area (Å²) < 4.78 is 43.2. The van der Waals surface area contributed by atoms with E-state index in [-0.39, 0.29) is 11.6 Å². The number of halogens is 3. The number of aryl methyl sites for hydroxylation is 2. The number of anilines is 1. The minimum absolute atomic E-state index is 0.0161. The molecule has 0 saturated carbocycles. The zero-order valence-electron chi connectivity index (χ0n) is 11.4. The van der Waals surface area contributed by atoms with E-state index in [0.29, 0.717) is 29.3 Å². The second kappa shape index (κ2) is 4.51. The summed E-state index contributed by atoms with van der Waals surface area (Å²) in [5, 5.41) is 4.25. The van der Waals surface area contributed by atoms with Gasteiger partial charge in [0.2, 0.25) is 5.95 Å².